The average molecular weight is 406 g/mol. The van der Waals surface area contributed by atoms with E-state index in [2.05, 4.69) is 31.9 Å². The number of ether oxygens (including phenoxy) is 1. The first-order chi connectivity index (χ1) is 8.97. The van der Waals surface area contributed by atoms with E-state index in [4.69, 9.17) is 4.74 Å². The number of hydrogen-bond acceptors (Lipinski definition) is 3. The van der Waals surface area contributed by atoms with Crippen LogP contribution in [0.2, 0.25) is 0 Å². The maximum absolute atomic E-state index is 10.4. The maximum atomic E-state index is 10.4. The fourth-order valence-electron chi connectivity index (χ4n) is 1.72. The van der Waals surface area contributed by atoms with Crippen molar-refractivity contribution in [2.75, 3.05) is 0 Å². The molecule has 1 aromatic carbocycles. The van der Waals surface area contributed by atoms with Crippen molar-refractivity contribution in [3.8, 4) is 5.75 Å². The molecule has 0 amide bonds. The molecule has 0 bridgehead atoms. The molecule has 2 nitrogen and oxygen atoms in total. The number of halogens is 2. The fourth-order valence-corrected chi connectivity index (χ4v) is 4.60. The summed E-state index contributed by atoms with van der Waals surface area (Å²) in [5, 5.41) is 10.4. The predicted molar refractivity (Wildman–Crippen MR) is 86.0 cm³/mol. The van der Waals surface area contributed by atoms with Crippen LogP contribution in [0, 0.1) is 0 Å². The molecule has 0 aliphatic heterocycles. The Balaban J connectivity index is 2.20. The molecule has 1 atom stereocenters. The van der Waals surface area contributed by atoms with E-state index < -0.39 is 6.10 Å². The van der Waals surface area contributed by atoms with Crippen LogP contribution >= 0.6 is 43.2 Å². The molecule has 102 valence electrons. The standard InChI is InChI=1S/C14H14Br2O2S/c1-8(2)18-10-5-3-9(4-6-10)13(17)11-7-12(15)19-14(11)16/h3-8,13,17H,1-2H3. The van der Waals surface area contributed by atoms with Gasteiger partial charge in [-0.15, -0.1) is 11.3 Å². The lowest BCUT2D eigenvalue weighted by Crippen LogP contribution is -2.05. The third-order valence-electron chi connectivity index (χ3n) is 2.55. The lowest BCUT2D eigenvalue weighted by molar-refractivity contribution is 0.219. The fraction of sp³-hybridized carbons (Fsp3) is 0.286. The molecule has 1 unspecified atom stereocenters. The smallest absolute Gasteiger partial charge is 0.119 e. The first kappa shape index (κ1) is 15.0. The van der Waals surface area contributed by atoms with E-state index >= 15 is 0 Å². The zero-order chi connectivity index (χ0) is 14.0. The van der Waals surface area contributed by atoms with E-state index in [1.807, 2.05) is 44.2 Å². The number of rotatable bonds is 4. The monoisotopic (exact) mass is 404 g/mol. The summed E-state index contributed by atoms with van der Waals surface area (Å²) in [5.74, 6) is 0.816. The molecule has 0 radical (unpaired) electrons. The summed E-state index contributed by atoms with van der Waals surface area (Å²) in [4.78, 5) is 0. The Labute approximate surface area is 133 Å². The van der Waals surface area contributed by atoms with Gasteiger partial charge in [0.05, 0.1) is 13.7 Å². The van der Waals surface area contributed by atoms with Crippen molar-refractivity contribution >= 4 is 43.2 Å². The van der Waals surface area contributed by atoms with Gasteiger partial charge in [0, 0.05) is 5.56 Å². The van der Waals surface area contributed by atoms with Gasteiger partial charge in [-0.25, -0.2) is 0 Å². The number of aliphatic hydroxyl groups excluding tert-OH is 1. The Bertz CT molecular complexity index is 549. The SMILES string of the molecule is CC(C)Oc1ccc(C(O)c2cc(Br)sc2Br)cc1. The quantitative estimate of drug-likeness (QED) is 0.762. The molecule has 0 saturated carbocycles. The molecule has 0 aliphatic rings. The second-order valence-electron chi connectivity index (χ2n) is 4.42. The van der Waals surface area contributed by atoms with Crippen molar-refractivity contribution in [2.45, 2.75) is 26.1 Å². The van der Waals surface area contributed by atoms with E-state index in [0.29, 0.717) is 0 Å². The van der Waals surface area contributed by atoms with E-state index in [1.165, 1.54) is 0 Å². The van der Waals surface area contributed by atoms with Gasteiger partial charge < -0.3 is 9.84 Å². The molecule has 0 fully saturated rings. The van der Waals surface area contributed by atoms with E-state index in [-0.39, 0.29) is 6.10 Å². The summed E-state index contributed by atoms with van der Waals surface area (Å²) in [6.07, 6.45) is -0.484. The van der Waals surface area contributed by atoms with Crippen LogP contribution in [0.15, 0.2) is 37.9 Å². The van der Waals surface area contributed by atoms with Crippen molar-refractivity contribution in [2.24, 2.45) is 0 Å². The molecule has 0 spiro atoms. The Hall–Kier alpha value is -0.360. The molecular formula is C14H14Br2O2S. The summed E-state index contributed by atoms with van der Waals surface area (Å²) >= 11 is 8.44. The highest BCUT2D eigenvalue weighted by Gasteiger charge is 2.16. The molecule has 2 rings (SSSR count). The van der Waals surface area contributed by atoms with E-state index in [0.717, 1.165) is 24.4 Å². The summed E-state index contributed by atoms with van der Waals surface area (Å²) in [5.41, 5.74) is 1.72. The summed E-state index contributed by atoms with van der Waals surface area (Å²) in [7, 11) is 0. The van der Waals surface area contributed by atoms with Crippen molar-refractivity contribution in [3.63, 3.8) is 0 Å². The van der Waals surface area contributed by atoms with Crippen LogP contribution in [-0.4, -0.2) is 11.2 Å². The lowest BCUT2D eigenvalue weighted by Gasteiger charge is -2.13. The number of aliphatic hydroxyl groups is 1. The first-order valence-electron chi connectivity index (χ1n) is 5.87. The molecule has 2 aromatic rings. The summed E-state index contributed by atoms with van der Waals surface area (Å²) in [6, 6.07) is 9.47. The van der Waals surface area contributed by atoms with Crippen LogP contribution in [0.1, 0.15) is 31.1 Å². The summed E-state index contributed by atoms with van der Waals surface area (Å²) in [6.45, 7) is 3.98. The van der Waals surface area contributed by atoms with Gasteiger partial charge in [-0.1, -0.05) is 12.1 Å². The molecule has 0 saturated heterocycles. The second-order valence-corrected chi connectivity index (χ2v) is 8.17. The molecule has 5 heteroatoms. The van der Waals surface area contributed by atoms with Gasteiger partial charge in [-0.2, -0.15) is 0 Å². The van der Waals surface area contributed by atoms with Gasteiger partial charge in [-0.05, 0) is 69.5 Å². The Kier molecular flexibility index (Phi) is 5.06. The predicted octanol–water partition coefficient (Wildman–Crippen LogP) is 5.14. The highest BCUT2D eigenvalue weighted by molar-refractivity contribution is 9.12. The van der Waals surface area contributed by atoms with Gasteiger partial charge >= 0.3 is 0 Å². The van der Waals surface area contributed by atoms with Crippen molar-refractivity contribution in [1.82, 2.24) is 0 Å². The minimum atomic E-state index is -0.634. The average Bonchev–Trinajstić information content (AvgIpc) is 2.68. The van der Waals surface area contributed by atoms with Crippen LogP contribution < -0.4 is 4.74 Å². The zero-order valence-corrected chi connectivity index (χ0v) is 14.5. The van der Waals surface area contributed by atoms with Crippen LogP contribution in [0.4, 0.5) is 0 Å². The largest absolute Gasteiger partial charge is 0.491 e. The maximum Gasteiger partial charge on any atom is 0.119 e. The van der Waals surface area contributed by atoms with Crippen LogP contribution in [0.3, 0.4) is 0 Å². The Morgan fingerprint density at radius 2 is 1.79 bits per heavy atom. The van der Waals surface area contributed by atoms with Gasteiger partial charge in [0.15, 0.2) is 0 Å². The van der Waals surface area contributed by atoms with Gasteiger partial charge in [0.2, 0.25) is 0 Å². The summed E-state index contributed by atoms with van der Waals surface area (Å²) < 4.78 is 7.52. The van der Waals surface area contributed by atoms with Crippen molar-refractivity contribution in [1.29, 1.82) is 0 Å². The van der Waals surface area contributed by atoms with Crippen LogP contribution in [-0.2, 0) is 0 Å². The molecule has 1 heterocycles. The number of hydrogen-bond donors (Lipinski definition) is 1. The minimum Gasteiger partial charge on any atom is -0.491 e. The third-order valence-corrected chi connectivity index (χ3v) is 4.93. The Morgan fingerprint density at radius 1 is 1.16 bits per heavy atom. The molecule has 1 N–H and O–H groups in total. The van der Waals surface area contributed by atoms with Crippen molar-refractivity contribution in [3.05, 3.63) is 49.0 Å². The highest BCUT2D eigenvalue weighted by Crippen LogP contribution is 2.38. The molecule has 0 aliphatic carbocycles. The topological polar surface area (TPSA) is 29.5 Å². The molecule has 19 heavy (non-hydrogen) atoms. The van der Waals surface area contributed by atoms with Gasteiger partial charge in [0.1, 0.15) is 11.9 Å². The second kappa shape index (κ2) is 6.39. The first-order valence-corrected chi connectivity index (χ1v) is 8.27. The normalized spacial score (nSPS) is 12.7. The van der Waals surface area contributed by atoms with Gasteiger partial charge in [-0.3, -0.25) is 0 Å². The van der Waals surface area contributed by atoms with E-state index in [9.17, 15) is 5.11 Å². The Morgan fingerprint density at radius 3 is 2.26 bits per heavy atom. The number of benzene rings is 1. The van der Waals surface area contributed by atoms with E-state index in [1.54, 1.807) is 11.3 Å². The molecular weight excluding hydrogens is 392 g/mol. The van der Waals surface area contributed by atoms with Crippen molar-refractivity contribution < 1.29 is 9.84 Å². The zero-order valence-electron chi connectivity index (χ0n) is 10.6. The highest BCUT2D eigenvalue weighted by atomic mass is 79.9. The molecule has 1 aromatic heterocycles. The lowest BCUT2D eigenvalue weighted by atomic mass is 10.0. The minimum absolute atomic E-state index is 0.151. The van der Waals surface area contributed by atoms with Gasteiger partial charge in [0.25, 0.3) is 0 Å². The van der Waals surface area contributed by atoms with Crippen LogP contribution in [0.25, 0.3) is 0 Å². The number of thiophene rings is 1. The van der Waals surface area contributed by atoms with Crippen LogP contribution in [0.5, 0.6) is 5.75 Å². The third kappa shape index (κ3) is 3.81.